The zero-order valence-corrected chi connectivity index (χ0v) is 12.1. The molecular formula is C16H22N2O2. The number of rotatable bonds is 2. The Morgan fingerprint density at radius 1 is 1.35 bits per heavy atom. The van der Waals surface area contributed by atoms with Gasteiger partial charge in [-0.15, -0.1) is 0 Å². The minimum atomic E-state index is -0.0545. The highest BCUT2D eigenvalue weighted by Gasteiger charge is 2.51. The minimum absolute atomic E-state index is 0.0239. The van der Waals surface area contributed by atoms with E-state index in [2.05, 4.69) is 5.32 Å². The number of carbonyl (C=O) groups excluding carboxylic acids is 1. The van der Waals surface area contributed by atoms with Gasteiger partial charge in [0.05, 0.1) is 12.1 Å². The maximum absolute atomic E-state index is 12.3. The van der Waals surface area contributed by atoms with Gasteiger partial charge in [0.25, 0.3) is 5.91 Å². The maximum atomic E-state index is 12.3. The molecule has 4 atom stereocenters. The van der Waals surface area contributed by atoms with E-state index in [1.54, 1.807) is 0 Å². The Morgan fingerprint density at radius 2 is 2.15 bits per heavy atom. The van der Waals surface area contributed by atoms with Gasteiger partial charge < -0.3 is 15.8 Å². The molecule has 1 saturated heterocycles. The summed E-state index contributed by atoms with van der Waals surface area (Å²) >= 11 is 0. The quantitative estimate of drug-likeness (QED) is 0.860. The highest BCUT2D eigenvalue weighted by molar-refractivity contribution is 5.94. The van der Waals surface area contributed by atoms with Gasteiger partial charge in [-0.05, 0) is 49.9 Å². The molecule has 0 aromatic heterocycles. The fourth-order valence-corrected chi connectivity index (χ4v) is 3.24. The molecule has 1 aromatic rings. The summed E-state index contributed by atoms with van der Waals surface area (Å²) in [6.07, 6.45) is 2.29. The van der Waals surface area contributed by atoms with Gasteiger partial charge in [0, 0.05) is 24.1 Å². The summed E-state index contributed by atoms with van der Waals surface area (Å²) in [5.74, 6) is 0.356. The van der Waals surface area contributed by atoms with Crippen molar-refractivity contribution in [2.45, 2.75) is 44.9 Å². The van der Waals surface area contributed by atoms with E-state index in [9.17, 15) is 4.79 Å². The number of hydrogen-bond acceptors (Lipinski definition) is 3. The monoisotopic (exact) mass is 274 g/mol. The molecule has 2 fully saturated rings. The Labute approximate surface area is 119 Å². The van der Waals surface area contributed by atoms with E-state index in [0.717, 1.165) is 25.0 Å². The third-order valence-electron chi connectivity index (χ3n) is 4.74. The van der Waals surface area contributed by atoms with Crippen molar-refractivity contribution < 1.29 is 9.53 Å². The van der Waals surface area contributed by atoms with Crippen LogP contribution in [-0.4, -0.2) is 30.7 Å². The largest absolute Gasteiger partial charge is 0.376 e. The first-order valence-corrected chi connectivity index (χ1v) is 7.33. The third-order valence-corrected chi connectivity index (χ3v) is 4.74. The topological polar surface area (TPSA) is 64.4 Å². The van der Waals surface area contributed by atoms with Gasteiger partial charge in [-0.1, -0.05) is 6.07 Å². The molecule has 2 aliphatic rings. The molecule has 1 heterocycles. The van der Waals surface area contributed by atoms with Crippen molar-refractivity contribution in [1.29, 1.82) is 0 Å². The summed E-state index contributed by atoms with van der Waals surface area (Å²) in [6.45, 7) is 4.84. The molecule has 0 bridgehead atoms. The minimum Gasteiger partial charge on any atom is -0.376 e. The zero-order valence-electron chi connectivity index (χ0n) is 12.1. The zero-order chi connectivity index (χ0) is 14.3. The molecule has 1 amide bonds. The first-order valence-electron chi connectivity index (χ1n) is 7.33. The van der Waals surface area contributed by atoms with Crippen molar-refractivity contribution in [3.63, 3.8) is 0 Å². The molecule has 3 N–H and O–H groups in total. The van der Waals surface area contributed by atoms with Crippen LogP contribution in [0.25, 0.3) is 0 Å². The lowest BCUT2D eigenvalue weighted by molar-refractivity contribution is -0.117. The summed E-state index contributed by atoms with van der Waals surface area (Å²) in [5.41, 5.74) is 9.18. The van der Waals surface area contributed by atoms with E-state index in [0.29, 0.717) is 11.5 Å². The molecule has 4 heteroatoms. The molecule has 1 aromatic carbocycles. The van der Waals surface area contributed by atoms with Crippen molar-refractivity contribution in [3.05, 3.63) is 34.9 Å². The van der Waals surface area contributed by atoms with Crippen LogP contribution >= 0.6 is 0 Å². The Bertz CT molecular complexity index is 529. The normalized spacial score (nSPS) is 32.1. The molecule has 0 radical (unpaired) electrons. The van der Waals surface area contributed by atoms with Gasteiger partial charge in [-0.2, -0.15) is 0 Å². The van der Waals surface area contributed by atoms with Crippen molar-refractivity contribution >= 4 is 5.91 Å². The molecule has 0 spiro atoms. The number of hydrogen-bond donors (Lipinski definition) is 2. The molecule has 20 heavy (non-hydrogen) atoms. The molecule has 1 saturated carbocycles. The standard InChI is InChI=1S/C16H22N2O2/c1-9-5-6-11(8-10(9)2)16(19)18-14-13(17)12-4-3-7-20-15(12)14/h5-6,8,12-15H,3-4,7,17H2,1-2H3,(H,18,19). The Hall–Kier alpha value is -1.39. The Kier molecular flexibility index (Phi) is 3.52. The van der Waals surface area contributed by atoms with Gasteiger partial charge >= 0.3 is 0 Å². The number of nitrogens with one attached hydrogen (secondary N) is 1. The van der Waals surface area contributed by atoms with E-state index in [1.165, 1.54) is 5.56 Å². The number of fused-ring (bicyclic) bond motifs is 1. The van der Waals surface area contributed by atoms with Crippen molar-refractivity contribution in [3.8, 4) is 0 Å². The molecule has 1 aliphatic heterocycles. The summed E-state index contributed by atoms with van der Waals surface area (Å²) < 4.78 is 5.74. The van der Waals surface area contributed by atoms with Crippen LogP contribution in [0.1, 0.15) is 34.3 Å². The number of carbonyl (C=O) groups is 1. The third kappa shape index (κ3) is 2.23. The first-order chi connectivity index (χ1) is 9.58. The van der Waals surface area contributed by atoms with Crippen LogP contribution in [-0.2, 0) is 4.74 Å². The van der Waals surface area contributed by atoms with Crippen LogP contribution in [0, 0.1) is 19.8 Å². The van der Waals surface area contributed by atoms with E-state index in [4.69, 9.17) is 10.5 Å². The highest BCUT2D eigenvalue weighted by atomic mass is 16.5. The van der Waals surface area contributed by atoms with Crippen molar-refractivity contribution in [1.82, 2.24) is 5.32 Å². The molecular weight excluding hydrogens is 252 g/mol. The van der Waals surface area contributed by atoms with Crippen molar-refractivity contribution in [2.24, 2.45) is 11.7 Å². The molecule has 3 rings (SSSR count). The number of aryl methyl sites for hydroxylation is 2. The highest BCUT2D eigenvalue weighted by Crippen LogP contribution is 2.37. The first kappa shape index (κ1) is 13.6. The van der Waals surface area contributed by atoms with Crippen LogP contribution in [0.15, 0.2) is 18.2 Å². The second-order valence-corrected chi connectivity index (χ2v) is 6.02. The average Bonchev–Trinajstić information content (AvgIpc) is 2.47. The van der Waals surface area contributed by atoms with Gasteiger partial charge in [-0.25, -0.2) is 0 Å². The van der Waals surface area contributed by atoms with Crippen molar-refractivity contribution in [2.75, 3.05) is 6.61 Å². The Morgan fingerprint density at radius 3 is 2.90 bits per heavy atom. The molecule has 4 unspecified atom stereocenters. The lowest BCUT2D eigenvalue weighted by Crippen LogP contribution is -2.72. The van der Waals surface area contributed by atoms with Crippen LogP contribution in [0.2, 0.25) is 0 Å². The summed E-state index contributed by atoms with van der Waals surface area (Å²) in [6, 6.07) is 5.74. The number of amides is 1. The van der Waals surface area contributed by atoms with E-state index in [1.807, 2.05) is 32.0 Å². The summed E-state index contributed by atoms with van der Waals surface area (Å²) in [7, 11) is 0. The fraction of sp³-hybridized carbons (Fsp3) is 0.562. The van der Waals surface area contributed by atoms with Gasteiger partial charge in [0.15, 0.2) is 0 Å². The van der Waals surface area contributed by atoms with Gasteiger partial charge in [-0.3, -0.25) is 4.79 Å². The lowest BCUT2D eigenvalue weighted by atomic mass is 9.68. The van der Waals surface area contributed by atoms with E-state index in [-0.39, 0.29) is 24.1 Å². The van der Waals surface area contributed by atoms with Crippen LogP contribution in [0.3, 0.4) is 0 Å². The number of nitrogens with two attached hydrogens (primary N) is 1. The maximum Gasteiger partial charge on any atom is 0.251 e. The SMILES string of the molecule is Cc1ccc(C(=O)NC2C(N)C3CCCOC32)cc1C. The number of ether oxygens (including phenoxy) is 1. The van der Waals surface area contributed by atoms with Crippen LogP contribution < -0.4 is 11.1 Å². The van der Waals surface area contributed by atoms with Gasteiger partial charge in [0.1, 0.15) is 0 Å². The predicted molar refractivity (Wildman–Crippen MR) is 77.6 cm³/mol. The number of benzene rings is 1. The van der Waals surface area contributed by atoms with Crippen LogP contribution in [0.5, 0.6) is 0 Å². The Balaban J connectivity index is 1.68. The predicted octanol–water partition coefficient (Wildman–Crippen LogP) is 1.54. The van der Waals surface area contributed by atoms with Crippen LogP contribution in [0.4, 0.5) is 0 Å². The molecule has 4 nitrogen and oxygen atoms in total. The summed E-state index contributed by atoms with van der Waals surface area (Å²) in [4.78, 5) is 12.3. The second-order valence-electron chi connectivity index (χ2n) is 6.02. The lowest BCUT2D eigenvalue weighted by Gasteiger charge is -2.52. The van der Waals surface area contributed by atoms with E-state index < -0.39 is 0 Å². The smallest absolute Gasteiger partial charge is 0.251 e. The average molecular weight is 274 g/mol. The molecule has 108 valence electrons. The van der Waals surface area contributed by atoms with E-state index >= 15 is 0 Å². The summed E-state index contributed by atoms with van der Waals surface area (Å²) in [5, 5.41) is 3.04. The fourth-order valence-electron chi connectivity index (χ4n) is 3.24. The van der Waals surface area contributed by atoms with Gasteiger partial charge in [0.2, 0.25) is 0 Å². The second kappa shape index (κ2) is 5.19. The molecule has 1 aliphatic carbocycles.